The number of halogens is 3. The SMILES string of the molecule is CC(CC(N)=O)Nc1ccc(C#N)c(C(F)(F)F)c1. The van der Waals surface area contributed by atoms with E-state index < -0.39 is 29.3 Å². The van der Waals surface area contributed by atoms with Gasteiger partial charge < -0.3 is 11.1 Å². The molecule has 1 amide bonds. The smallest absolute Gasteiger partial charge is 0.382 e. The molecule has 1 aromatic rings. The van der Waals surface area contributed by atoms with E-state index in [1.165, 1.54) is 12.1 Å². The van der Waals surface area contributed by atoms with Crippen LogP contribution in [0.3, 0.4) is 0 Å². The third-order valence-corrected chi connectivity index (χ3v) is 2.37. The number of nitriles is 1. The van der Waals surface area contributed by atoms with Crippen molar-refractivity contribution in [3.8, 4) is 6.07 Å². The molecule has 1 unspecified atom stereocenters. The van der Waals surface area contributed by atoms with Crippen molar-refractivity contribution in [2.24, 2.45) is 5.73 Å². The molecule has 0 saturated heterocycles. The summed E-state index contributed by atoms with van der Waals surface area (Å²) in [6.07, 6.45) is -4.60. The molecule has 0 aliphatic rings. The first-order valence-corrected chi connectivity index (χ1v) is 5.40. The fourth-order valence-corrected chi connectivity index (χ4v) is 1.60. The van der Waals surface area contributed by atoms with Crippen LogP contribution in [-0.4, -0.2) is 11.9 Å². The number of nitrogens with one attached hydrogen (secondary N) is 1. The molecule has 0 spiro atoms. The fourth-order valence-electron chi connectivity index (χ4n) is 1.60. The van der Waals surface area contributed by atoms with Gasteiger partial charge in [-0.15, -0.1) is 0 Å². The number of carbonyl (C=O) groups is 1. The van der Waals surface area contributed by atoms with E-state index in [0.717, 1.165) is 12.1 Å². The zero-order valence-corrected chi connectivity index (χ0v) is 10.1. The van der Waals surface area contributed by atoms with Crippen molar-refractivity contribution < 1.29 is 18.0 Å². The third kappa shape index (κ3) is 4.17. The summed E-state index contributed by atoms with van der Waals surface area (Å²) in [7, 11) is 0. The van der Waals surface area contributed by atoms with Gasteiger partial charge in [0, 0.05) is 18.2 Å². The molecule has 1 aromatic carbocycles. The Morgan fingerprint density at radius 2 is 2.16 bits per heavy atom. The van der Waals surface area contributed by atoms with Crippen molar-refractivity contribution in [1.82, 2.24) is 0 Å². The summed E-state index contributed by atoms with van der Waals surface area (Å²) < 4.78 is 38.1. The van der Waals surface area contributed by atoms with Gasteiger partial charge in [0.15, 0.2) is 0 Å². The number of hydrogen-bond donors (Lipinski definition) is 2. The predicted molar refractivity (Wildman–Crippen MR) is 63.1 cm³/mol. The molecule has 19 heavy (non-hydrogen) atoms. The van der Waals surface area contributed by atoms with Crippen LogP contribution < -0.4 is 11.1 Å². The molecule has 0 aliphatic carbocycles. The monoisotopic (exact) mass is 271 g/mol. The van der Waals surface area contributed by atoms with Crippen molar-refractivity contribution in [1.29, 1.82) is 5.26 Å². The van der Waals surface area contributed by atoms with Gasteiger partial charge in [-0.05, 0) is 25.1 Å². The maximum absolute atomic E-state index is 12.7. The standard InChI is InChI=1S/C12H12F3N3O/c1-7(4-11(17)19)18-9-3-2-8(6-16)10(5-9)12(13,14)15/h2-3,5,7,18H,4H2,1H3,(H2,17,19). The van der Waals surface area contributed by atoms with Gasteiger partial charge in [0.2, 0.25) is 5.91 Å². The van der Waals surface area contributed by atoms with Gasteiger partial charge in [-0.1, -0.05) is 0 Å². The van der Waals surface area contributed by atoms with Gasteiger partial charge >= 0.3 is 6.18 Å². The van der Waals surface area contributed by atoms with Gasteiger partial charge in [-0.2, -0.15) is 18.4 Å². The van der Waals surface area contributed by atoms with E-state index in [2.05, 4.69) is 5.32 Å². The highest BCUT2D eigenvalue weighted by Crippen LogP contribution is 2.33. The van der Waals surface area contributed by atoms with Crippen LogP contribution in [0.2, 0.25) is 0 Å². The van der Waals surface area contributed by atoms with Crippen molar-refractivity contribution in [3.63, 3.8) is 0 Å². The molecule has 1 atom stereocenters. The minimum atomic E-state index is -4.60. The number of rotatable bonds is 4. The average molecular weight is 271 g/mol. The van der Waals surface area contributed by atoms with Crippen LogP contribution in [0.5, 0.6) is 0 Å². The maximum Gasteiger partial charge on any atom is 0.417 e. The molecular weight excluding hydrogens is 259 g/mol. The second-order valence-corrected chi connectivity index (χ2v) is 4.09. The number of amides is 1. The number of nitrogens with zero attached hydrogens (tertiary/aromatic N) is 1. The summed E-state index contributed by atoms with van der Waals surface area (Å²) in [4.78, 5) is 10.7. The molecular formula is C12H12F3N3O. The normalized spacial score (nSPS) is 12.6. The first kappa shape index (κ1) is 14.8. The predicted octanol–water partition coefficient (Wildman–Crippen LogP) is 2.25. The maximum atomic E-state index is 12.7. The Hall–Kier alpha value is -2.23. The molecule has 4 nitrogen and oxygen atoms in total. The number of hydrogen-bond acceptors (Lipinski definition) is 3. The van der Waals surface area contributed by atoms with E-state index in [-0.39, 0.29) is 12.1 Å². The topological polar surface area (TPSA) is 78.9 Å². The van der Waals surface area contributed by atoms with Crippen molar-refractivity contribution >= 4 is 11.6 Å². The summed E-state index contributed by atoms with van der Waals surface area (Å²) in [6, 6.07) is 4.38. The minimum absolute atomic E-state index is 0.00134. The van der Waals surface area contributed by atoms with Crippen LogP contribution in [-0.2, 0) is 11.0 Å². The molecule has 102 valence electrons. The van der Waals surface area contributed by atoms with Gasteiger partial charge in [0.1, 0.15) is 0 Å². The van der Waals surface area contributed by atoms with Crippen LogP contribution in [0, 0.1) is 11.3 Å². The number of primary amides is 1. The van der Waals surface area contributed by atoms with Gasteiger partial charge in [0.05, 0.1) is 17.2 Å². The third-order valence-electron chi connectivity index (χ3n) is 2.37. The summed E-state index contributed by atoms with van der Waals surface area (Å²) in [5, 5.41) is 11.4. The lowest BCUT2D eigenvalue weighted by Gasteiger charge is -2.16. The Bertz CT molecular complexity index is 520. The zero-order chi connectivity index (χ0) is 14.6. The highest BCUT2D eigenvalue weighted by atomic mass is 19.4. The summed E-state index contributed by atoms with van der Waals surface area (Å²) in [6.45, 7) is 1.62. The average Bonchev–Trinajstić information content (AvgIpc) is 2.26. The van der Waals surface area contributed by atoms with E-state index in [0.29, 0.717) is 0 Å². The Kier molecular flexibility index (Phi) is 4.38. The quantitative estimate of drug-likeness (QED) is 0.881. The van der Waals surface area contributed by atoms with E-state index >= 15 is 0 Å². The second kappa shape index (κ2) is 5.61. The van der Waals surface area contributed by atoms with Crippen LogP contribution in [0.4, 0.5) is 18.9 Å². The number of nitrogens with two attached hydrogens (primary N) is 1. The van der Waals surface area contributed by atoms with Crippen LogP contribution >= 0.6 is 0 Å². The first-order chi connectivity index (χ1) is 8.74. The van der Waals surface area contributed by atoms with Crippen LogP contribution in [0.15, 0.2) is 18.2 Å². The summed E-state index contributed by atoms with van der Waals surface area (Å²) in [5.41, 5.74) is 3.72. The molecule has 0 aliphatic heterocycles. The zero-order valence-electron chi connectivity index (χ0n) is 10.1. The van der Waals surface area contributed by atoms with Crippen LogP contribution in [0.1, 0.15) is 24.5 Å². The lowest BCUT2D eigenvalue weighted by Crippen LogP contribution is -2.24. The molecule has 0 saturated carbocycles. The Labute approximate surface area is 108 Å². The molecule has 0 bridgehead atoms. The Balaban J connectivity index is 3.00. The fraction of sp³-hybridized carbons (Fsp3) is 0.333. The number of carbonyl (C=O) groups excluding carboxylic acids is 1. The van der Waals surface area contributed by atoms with E-state index in [1.807, 2.05) is 0 Å². The second-order valence-electron chi connectivity index (χ2n) is 4.09. The molecule has 1 rings (SSSR count). The van der Waals surface area contributed by atoms with E-state index in [1.54, 1.807) is 6.92 Å². The lowest BCUT2D eigenvalue weighted by atomic mass is 10.1. The lowest BCUT2D eigenvalue weighted by molar-refractivity contribution is -0.137. The Morgan fingerprint density at radius 1 is 1.53 bits per heavy atom. The number of anilines is 1. The minimum Gasteiger partial charge on any atom is -0.382 e. The van der Waals surface area contributed by atoms with Crippen molar-refractivity contribution in [2.75, 3.05) is 5.32 Å². The molecule has 0 radical (unpaired) electrons. The molecule has 3 N–H and O–H groups in total. The highest BCUT2D eigenvalue weighted by molar-refractivity contribution is 5.75. The van der Waals surface area contributed by atoms with Crippen LogP contribution in [0.25, 0.3) is 0 Å². The Morgan fingerprint density at radius 3 is 2.63 bits per heavy atom. The van der Waals surface area contributed by atoms with Gasteiger partial charge in [-0.25, -0.2) is 0 Å². The highest BCUT2D eigenvalue weighted by Gasteiger charge is 2.33. The number of alkyl halides is 3. The van der Waals surface area contributed by atoms with Gasteiger partial charge in [-0.3, -0.25) is 4.79 Å². The largest absolute Gasteiger partial charge is 0.417 e. The molecule has 0 aromatic heterocycles. The summed E-state index contributed by atoms with van der Waals surface area (Å²) in [5.74, 6) is -0.551. The summed E-state index contributed by atoms with van der Waals surface area (Å²) >= 11 is 0. The van der Waals surface area contributed by atoms with E-state index in [4.69, 9.17) is 11.0 Å². The van der Waals surface area contributed by atoms with Gasteiger partial charge in [0.25, 0.3) is 0 Å². The van der Waals surface area contributed by atoms with Crippen molar-refractivity contribution in [2.45, 2.75) is 25.6 Å². The molecule has 7 heteroatoms. The van der Waals surface area contributed by atoms with Crippen molar-refractivity contribution in [3.05, 3.63) is 29.3 Å². The molecule has 0 fully saturated rings. The molecule has 0 heterocycles. The first-order valence-electron chi connectivity index (χ1n) is 5.40. The number of benzene rings is 1. The van der Waals surface area contributed by atoms with E-state index in [9.17, 15) is 18.0 Å².